The second-order valence-electron chi connectivity index (χ2n) is 7.30. The molecule has 7 nitrogen and oxygen atoms in total. The van der Waals surface area contributed by atoms with E-state index in [1.165, 1.54) is 16.9 Å². The number of ether oxygens (including phenoxy) is 1. The number of carbonyl (C=O) groups excluding carboxylic acids is 2. The summed E-state index contributed by atoms with van der Waals surface area (Å²) in [6.45, 7) is 1.24. The van der Waals surface area contributed by atoms with Crippen molar-refractivity contribution in [3.05, 3.63) is 65.5 Å². The summed E-state index contributed by atoms with van der Waals surface area (Å²) < 4.78 is 5.19. The van der Waals surface area contributed by atoms with Gasteiger partial charge in [-0.25, -0.2) is 0 Å². The van der Waals surface area contributed by atoms with Crippen LogP contribution in [0.1, 0.15) is 23.6 Å². The van der Waals surface area contributed by atoms with Crippen LogP contribution < -0.4 is 14.7 Å². The number of pyridine rings is 1. The molecule has 1 aromatic carbocycles. The third kappa shape index (κ3) is 4.30. The van der Waals surface area contributed by atoms with Crippen LogP contribution in [0.5, 0.6) is 5.75 Å². The third-order valence-electron chi connectivity index (χ3n) is 4.94. The minimum absolute atomic E-state index is 0.0338. The molecule has 0 aliphatic carbocycles. The zero-order valence-electron chi connectivity index (χ0n) is 16.8. The molecule has 0 bridgehead atoms. The molecule has 152 valence electrons. The lowest BCUT2D eigenvalue weighted by atomic mass is 9.96. The molecule has 7 heteroatoms. The summed E-state index contributed by atoms with van der Waals surface area (Å²) in [5.74, 6) is -1.34. The van der Waals surface area contributed by atoms with Gasteiger partial charge in [-0.05, 0) is 29.3 Å². The topological polar surface area (TPSA) is 87.0 Å². The number of hydrogen-bond donors (Lipinski definition) is 1. The fourth-order valence-electron chi connectivity index (χ4n) is 3.51. The van der Waals surface area contributed by atoms with Gasteiger partial charge in [-0.1, -0.05) is 24.0 Å². The predicted octanol–water partition coefficient (Wildman–Crippen LogP) is -0.151. The summed E-state index contributed by atoms with van der Waals surface area (Å²) in [5.41, 5.74) is 0.928. The number of ketones is 1. The van der Waals surface area contributed by atoms with Crippen LogP contribution in [-0.2, 0) is 9.59 Å². The minimum Gasteiger partial charge on any atom is -0.872 e. The molecule has 1 fully saturated rings. The molecule has 0 spiro atoms. The Bertz CT molecular complexity index is 925. The van der Waals surface area contributed by atoms with E-state index in [2.05, 4.69) is 4.98 Å². The van der Waals surface area contributed by atoms with Crippen molar-refractivity contribution < 1.29 is 24.3 Å². The van der Waals surface area contributed by atoms with Crippen molar-refractivity contribution >= 4 is 17.4 Å². The molecule has 29 heavy (non-hydrogen) atoms. The lowest BCUT2D eigenvalue weighted by Gasteiger charge is -2.27. The quantitative estimate of drug-likeness (QED) is 0.400. The van der Waals surface area contributed by atoms with Crippen LogP contribution in [0, 0.1) is 0 Å². The molecule has 1 aliphatic rings. The molecule has 1 amide bonds. The zero-order chi connectivity index (χ0) is 21.0. The highest BCUT2D eigenvalue weighted by Crippen LogP contribution is 2.38. The first-order valence-electron chi connectivity index (χ1n) is 9.54. The second-order valence-corrected chi connectivity index (χ2v) is 7.30. The van der Waals surface area contributed by atoms with Crippen molar-refractivity contribution in [2.24, 2.45) is 0 Å². The van der Waals surface area contributed by atoms with Crippen molar-refractivity contribution in [1.29, 1.82) is 0 Å². The van der Waals surface area contributed by atoms with E-state index < -0.39 is 23.5 Å². The first-order valence-corrected chi connectivity index (χ1v) is 9.54. The number of Topliss-reactive ketones (excluding diaryl/α,β-unsaturated/α-hetero) is 1. The molecule has 1 N–H and O–H groups in total. The number of methoxy groups -OCH3 is 1. The minimum atomic E-state index is -0.746. The van der Waals surface area contributed by atoms with Crippen molar-refractivity contribution in [3.63, 3.8) is 0 Å². The molecule has 1 unspecified atom stereocenters. The molecule has 3 rings (SSSR count). The van der Waals surface area contributed by atoms with Crippen LogP contribution in [0.3, 0.4) is 0 Å². The van der Waals surface area contributed by atoms with E-state index in [9.17, 15) is 14.7 Å². The van der Waals surface area contributed by atoms with Crippen molar-refractivity contribution in [2.75, 3.05) is 34.3 Å². The number of benzene rings is 1. The summed E-state index contributed by atoms with van der Waals surface area (Å²) in [5, 5.41) is 13.3. The summed E-state index contributed by atoms with van der Waals surface area (Å²) >= 11 is 0. The molecular formula is C22H25N3O4. The molecule has 0 saturated carbocycles. The molecule has 2 aromatic rings. The van der Waals surface area contributed by atoms with Gasteiger partial charge in [0.05, 0.1) is 33.8 Å². The van der Waals surface area contributed by atoms with Crippen molar-refractivity contribution in [1.82, 2.24) is 9.88 Å². The van der Waals surface area contributed by atoms with Gasteiger partial charge < -0.3 is 19.6 Å². The van der Waals surface area contributed by atoms with E-state index in [0.29, 0.717) is 23.4 Å². The number of amides is 1. The highest BCUT2D eigenvalue weighted by molar-refractivity contribution is 6.46. The Kier molecular flexibility index (Phi) is 6.29. The molecule has 1 saturated heterocycles. The molecule has 0 radical (unpaired) electrons. The van der Waals surface area contributed by atoms with Gasteiger partial charge in [0.25, 0.3) is 5.91 Å². The van der Waals surface area contributed by atoms with Crippen molar-refractivity contribution in [3.8, 4) is 5.75 Å². The maximum Gasteiger partial charge on any atom is 0.295 e. The molecule has 1 aromatic heterocycles. The van der Waals surface area contributed by atoms with Gasteiger partial charge in [0.2, 0.25) is 5.78 Å². The van der Waals surface area contributed by atoms with Crippen LogP contribution >= 0.6 is 0 Å². The average molecular weight is 395 g/mol. The van der Waals surface area contributed by atoms with E-state index in [-0.39, 0.29) is 5.57 Å². The van der Waals surface area contributed by atoms with Crippen LogP contribution in [0.15, 0.2) is 54.4 Å². The maximum atomic E-state index is 13.3. The highest BCUT2D eigenvalue weighted by atomic mass is 16.5. The summed E-state index contributed by atoms with van der Waals surface area (Å²) in [6, 6.07) is 9.38. The molecular weight excluding hydrogens is 370 g/mol. The van der Waals surface area contributed by atoms with Gasteiger partial charge in [0, 0.05) is 30.9 Å². The smallest absolute Gasteiger partial charge is 0.295 e. The van der Waals surface area contributed by atoms with E-state index in [1.54, 1.807) is 48.8 Å². The van der Waals surface area contributed by atoms with Gasteiger partial charge in [-0.3, -0.25) is 14.6 Å². The highest BCUT2D eigenvalue weighted by Gasteiger charge is 2.44. The molecule has 1 atom stereocenters. The SMILES string of the molecule is COc1cccc(/C([O-])=C2\C(=O)C(=O)N(CCC[NH+](C)C)C2c2cccnc2)c1. The number of nitrogens with zero attached hydrogens (tertiary/aromatic N) is 2. The summed E-state index contributed by atoms with van der Waals surface area (Å²) in [4.78, 5) is 32.5. The summed E-state index contributed by atoms with van der Waals surface area (Å²) in [7, 11) is 5.56. The van der Waals surface area contributed by atoms with Gasteiger partial charge in [-0.15, -0.1) is 0 Å². The van der Waals surface area contributed by atoms with Crippen molar-refractivity contribution in [2.45, 2.75) is 12.5 Å². The number of rotatable bonds is 7. The number of aromatic nitrogens is 1. The largest absolute Gasteiger partial charge is 0.872 e. The Hall–Kier alpha value is -3.19. The number of hydrogen-bond acceptors (Lipinski definition) is 5. The standard InChI is InChI=1S/C22H25N3O4/c1-24(2)11-6-12-25-19(16-8-5-10-23-14-16)18(21(27)22(25)28)20(26)15-7-4-9-17(13-15)29-3/h4-5,7-10,13-14,19,26H,6,11-12H2,1-3H3/b20-18+. The lowest BCUT2D eigenvalue weighted by molar-refractivity contribution is -0.858. The van der Waals surface area contributed by atoms with E-state index >= 15 is 0 Å². The average Bonchev–Trinajstić information content (AvgIpc) is 2.98. The Morgan fingerprint density at radius 1 is 1.24 bits per heavy atom. The zero-order valence-corrected chi connectivity index (χ0v) is 16.8. The maximum absolute atomic E-state index is 13.3. The van der Waals surface area contributed by atoms with Gasteiger partial charge in [0.1, 0.15) is 5.75 Å². The number of carbonyl (C=O) groups is 2. The Morgan fingerprint density at radius 2 is 2.03 bits per heavy atom. The van der Waals surface area contributed by atoms with Gasteiger partial charge in [0.15, 0.2) is 0 Å². The lowest BCUT2D eigenvalue weighted by Crippen LogP contribution is -3.05. The fourth-order valence-corrected chi connectivity index (χ4v) is 3.51. The van der Waals surface area contributed by atoms with E-state index in [1.807, 2.05) is 14.1 Å². The number of quaternary nitrogens is 1. The number of likely N-dealkylation sites (tertiary alicyclic amines) is 1. The first-order chi connectivity index (χ1) is 13.9. The van der Waals surface area contributed by atoms with Crippen LogP contribution in [0.2, 0.25) is 0 Å². The predicted molar refractivity (Wildman–Crippen MR) is 106 cm³/mol. The van der Waals surface area contributed by atoms with Crippen LogP contribution in [0.25, 0.3) is 5.76 Å². The second kappa shape index (κ2) is 8.87. The monoisotopic (exact) mass is 395 g/mol. The fraction of sp³-hybridized carbons (Fsp3) is 0.318. The normalized spacial score (nSPS) is 18.5. The number of nitrogens with one attached hydrogen (secondary N) is 1. The Morgan fingerprint density at radius 3 is 2.69 bits per heavy atom. The molecule has 1 aliphatic heterocycles. The van der Waals surface area contributed by atoms with E-state index in [0.717, 1.165) is 13.0 Å². The van der Waals surface area contributed by atoms with E-state index in [4.69, 9.17) is 4.74 Å². The Balaban J connectivity index is 2.07. The summed E-state index contributed by atoms with van der Waals surface area (Å²) in [6.07, 6.45) is 3.93. The third-order valence-corrected chi connectivity index (χ3v) is 4.94. The van der Waals surface area contributed by atoms with Gasteiger partial charge >= 0.3 is 0 Å². The first kappa shape index (κ1) is 20.5. The van der Waals surface area contributed by atoms with Crippen LogP contribution in [0.4, 0.5) is 0 Å². The van der Waals surface area contributed by atoms with Gasteiger partial charge in [-0.2, -0.15) is 0 Å². The Labute approximate surface area is 170 Å². The van der Waals surface area contributed by atoms with Crippen LogP contribution in [-0.4, -0.2) is 55.9 Å². The molecule has 2 heterocycles.